The van der Waals surface area contributed by atoms with E-state index in [4.69, 9.17) is 0 Å². The van der Waals surface area contributed by atoms with Crippen molar-refractivity contribution in [2.24, 2.45) is 0 Å². The van der Waals surface area contributed by atoms with Gasteiger partial charge in [-0.2, -0.15) is 0 Å². The van der Waals surface area contributed by atoms with Gasteiger partial charge in [0.25, 0.3) is 0 Å². The largest absolute Gasteiger partial charge is 0.314 e. The maximum Gasteiger partial charge on any atom is 0.127 e. The van der Waals surface area contributed by atoms with Gasteiger partial charge in [0, 0.05) is 18.0 Å². The third-order valence-corrected chi connectivity index (χ3v) is 3.65. The predicted octanol–water partition coefficient (Wildman–Crippen LogP) is 3.88. The highest BCUT2D eigenvalue weighted by Crippen LogP contribution is 2.32. The van der Waals surface area contributed by atoms with Gasteiger partial charge in [-0.05, 0) is 24.5 Å². The van der Waals surface area contributed by atoms with E-state index in [1.54, 1.807) is 12.1 Å². The first-order valence-corrected chi connectivity index (χ1v) is 6.54. The summed E-state index contributed by atoms with van der Waals surface area (Å²) in [5.74, 6) is -0.0817. The molecular weight excluding hydrogens is 213 g/mol. The summed E-state index contributed by atoms with van der Waals surface area (Å²) < 4.78 is 14.0. The van der Waals surface area contributed by atoms with Crippen LogP contribution < -0.4 is 5.32 Å². The van der Waals surface area contributed by atoms with Gasteiger partial charge in [0.2, 0.25) is 0 Å². The molecule has 2 heteroatoms. The molecule has 0 saturated heterocycles. The van der Waals surface area contributed by atoms with Crippen LogP contribution in [0.1, 0.15) is 46.1 Å². The SMILES string of the molecule is CCC(CC)(CNC(C)C)c1ccccc1F. The molecule has 1 N–H and O–H groups in total. The summed E-state index contributed by atoms with van der Waals surface area (Å²) in [4.78, 5) is 0. The van der Waals surface area contributed by atoms with Crippen LogP contribution in [-0.4, -0.2) is 12.6 Å². The molecule has 0 aliphatic heterocycles. The molecule has 1 aromatic rings. The van der Waals surface area contributed by atoms with Crippen molar-refractivity contribution in [3.63, 3.8) is 0 Å². The van der Waals surface area contributed by atoms with E-state index in [2.05, 4.69) is 33.0 Å². The summed E-state index contributed by atoms with van der Waals surface area (Å²) in [6, 6.07) is 7.59. The normalized spacial score (nSPS) is 12.1. The molecule has 0 bridgehead atoms. The van der Waals surface area contributed by atoms with Crippen LogP contribution in [0.15, 0.2) is 24.3 Å². The van der Waals surface area contributed by atoms with Crippen LogP contribution >= 0.6 is 0 Å². The lowest BCUT2D eigenvalue weighted by Crippen LogP contribution is -2.40. The van der Waals surface area contributed by atoms with Crippen molar-refractivity contribution >= 4 is 0 Å². The van der Waals surface area contributed by atoms with Gasteiger partial charge in [-0.1, -0.05) is 45.9 Å². The smallest absolute Gasteiger partial charge is 0.127 e. The van der Waals surface area contributed by atoms with E-state index >= 15 is 0 Å². The molecule has 0 unspecified atom stereocenters. The molecule has 0 aliphatic carbocycles. The van der Waals surface area contributed by atoms with Crippen LogP contribution in [0.3, 0.4) is 0 Å². The Hall–Kier alpha value is -0.890. The fourth-order valence-electron chi connectivity index (χ4n) is 2.27. The third kappa shape index (κ3) is 3.29. The van der Waals surface area contributed by atoms with Gasteiger partial charge in [-0.3, -0.25) is 0 Å². The summed E-state index contributed by atoms with van der Waals surface area (Å²) in [6.45, 7) is 9.35. The summed E-state index contributed by atoms with van der Waals surface area (Å²) >= 11 is 0. The van der Waals surface area contributed by atoms with Gasteiger partial charge in [-0.15, -0.1) is 0 Å². The first-order chi connectivity index (χ1) is 8.05. The van der Waals surface area contributed by atoms with Crippen LogP contribution in [0.2, 0.25) is 0 Å². The molecule has 0 heterocycles. The van der Waals surface area contributed by atoms with E-state index in [0.717, 1.165) is 24.9 Å². The van der Waals surface area contributed by atoms with Crippen molar-refractivity contribution < 1.29 is 4.39 Å². The zero-order valence-electron chi connectivity index (χ0n) is 11.4. The second-order valence-electron chi connectivity index (χ2n) is 5.00. The average molecular weight is 237 g/mol. The number of halogens is 1. The molecule has 0 radical (unpaired) electrons. The fourth-order valence-corrected chi connectivity index (χ4v) is 2.27. The maximum absolute atomic E-state index is 14.0. The first kappa shape index (κ1) is 14.2. The van der Waals surface area contributed by atoms with E-state index in [1.807, 2.05) is 12.1 Å². The second-order valence-corrected chi connectivity index (χ2v) is 5.00. The zero-order valence-corrected chi connectivity index (χ0v) is 11.4. The molecule has 0 saturated carbocycles. The molecule has 17 heavy (non-hydrogen) atoms. The van der Waals surface area contributed by atoms with E-state index < -0.39 is 0 Å². The molecule has 0 atom stereocenters. The lowest BCUT2D eigenvalue weighted by atomic mass is 9.75. The Balaban J connectivity index is 3.02. The minimum atomic E-state index is -0.0877. The van der Waals surface area contributed by atoms with Crippen LogP contribution in [0.25, 0.3) is 0 Å². The Morgan fingerprint density at radius 1 is 1.18 bits per heavy atom. The molecule has 0 aromatic heterocycles. The Labute approximate surface area is 104 Å². The second kappa shape index (κ2) is 6.15. The predicted molar refractivity (Wildman–Crippen MR) is 71.8 cm³/mol. The lowest BCUT2D eigenvalue weighted by Gasteiger charge is -2.34. The molecule has 1 nitrogen and oxygen atoms in total. The van der Waals surface area contributed by atoms with Gasteiger partial charge in [0.1, 0.15) is 5.82 Å². The van der Waals surface area contributed by atoms with Crippen molar-refractivity contribution in [2.45, 2.75) is 52.0 Å². The van der Waals surface area contributed by atoms with Crippen molar-refractivity contribution in [3.05, 3.63) is 35.6 Å². The third-order valence-electron chi connectivity index (χ3n) is 3.65. The molecule has 0 fully saturated rings. The van der Waals surface area contributed by atoms with E-state index in [1.165, 1.54) is 0 Å². The van der Waals surface area contributed by atoms with E-state index in [-0.39, 0.29) is 11.2 Å². The first-order valence-electron chi connectivity index (χ1n) is 6.54. The van der Waals surface area contributed by atoms with Gasteiger partial charge >= 0.3 is 0 Å². The standard InChI is InChI=1S/C15H24FN/c1-5-15(6-2,11-17-12(3)4)13-9-7-8-10-14(13)16/h7-10,12,17H,5-6,11H2,1-4H3. The number of rotatable bonds is 6. The molecule has 96 valence electrons. The van der Waals surface area contributed by atoms with Crippen LogP contribution in [0.4, 0.5) is 4.39 Å². The van der Waals surface area contributed by atoms with Crippen molar-refractivity contribution in [1.29, 1.82) is 0 Å². The summed E-state index contributed by atoms with van der Waals surface area (Å²) in [7, 11) is 0. The number of hydrogen-bond acceptors (Lipinski definition) is 1. The fraction of sp³-hybridized carbons (Fsp3) is 0.600. The minimum absolute atomic E-state index is 0.0817. The topological polar surface area (TPSA) is 12.0 Å². The Bertz CT molecular complexity index is 343. The highest BCUT2D eigenvalue weighted by atomic mass is 19.1. The van der Waals surface area contributed by atoms with Gasteiger partial charge in [0.15, 0.2) is 0 Å². The molecule has 0 amide bonds. The van der Waals surface area contributed by atoms with Gasteiger partial charge < -0.3 is 5.32 Å². The summed E-state index contributed by atoms with van der Waals surface area (Å²) in [5.41, 5.74) is 0.758. The monoisotopic (exact) mass is 237 g/mol. The Morgan fingerprint density at radius 2 is 1.76 bits per heavy atom. The lowest BCUT2D eigenvalue weighted by molar-refractivity contribution is 0.342. The van der Waals surface area contributed by atoms with Crippen LogP contribution in [0, 0.1) is 5.82 Å². The Kier molecular flexibility index (Phi) is 5.13. The van der Waals surface area contributed by atoms with Crippen molar-refractivity contribution in [3.8, 4) is 0 Å². The van der Waals surface area contributed by atoms with Crippen LogP contribution in [-0.2, 0) is 5.41 Å². The average Bonchev–Trinajstić information content (AvgIpc) is 2.32. The molecule has 1 aromatic carbocycles. The highest BCUT2D eigenvalue weighted by Gasteiger charge is 2.30. The molecule has 0 aliphatic rings. The van der Waals surface area contributed by atoms with Crippen molar-refractivity contribution in [1.82, 2.24) is 5.32 Å². The zero-order chi connectivity index (χ0) is 12.9. The highest BCUT2D eigenvalue weighted by molar-refractivity contribution is 5.27. The van der Waals surface area contributed by atoms with Gasteiger partial charge in [-0.25, -0.2) is 4.39 Å². The van der Waals surface area contributed by atoms with Crippen molar-refractivity contribution in [2.75, 3.05) is 6.54 Å². The molecular formula is C15H24FN. The van der Waals surface area contributed by atoms with Gasteiger partial charge in [0.05, 0.1) is 0 Å². The molecule has 1 rings (SSSR count). The summed E-state index contributed by atoms with van der Waals surface area (Å²) in [5, 5.41) is 3.45. The minimum Gasteiger partial charge on any atom is -0.314 e. The Morgan fingerprint density at radius 3 is 2.24 bits per heavy atom. The summed E-state index contributed by atoms with van der Waals surface area (Å²) in [6.07, 6.45) is 1.90. The quantitative estimate of drug-likeness (QED) is 0.791. The number of hydrogen-bond donors (Lipinski definition) is 1. The van der Waals surface area contributed by atoms with Crippen LogP contribution in [0.5, 0.6) is 0 Å². The number of nitrogens with one attached hydrogen (secondary N) is 1. The maximum atomic E-state index is 14.0. The van der Waals surface area contributed by atoms with E-state index in [0.29, 0.717) is 6.04 Å². The van der Waals surface area contributed by atoms with E-state index in [9.17, 15) is 4.39 Å². The number of benzene rings is 1. The molecule has 0 spiro atoms.